The van der Waals surface area contributed by atoms with Gasteiger partial charge < -0.3 is 4.90 Å². The molecule has 1 fully saturated rings. The molecular formula is C17H21N7OS. The van der Waals surface area contributed by atoms with Gasteiger partial charge in [0, 0.05) is 57.1 Å². The van der Waals surface area contributed by atoms with E-state index in [0.717, 1.165) is 42.8 Å². The molecule has 4 rings (SSSR count). The van der Waals surface area contributed by atoms with E-state index in [1.807, 2.05) is 6.07 Å². The third-order valence-electron chi connectivity index (χ3n) is 4.40. The minimum Gasteiger partial charge on any atom is -0.338 e. The number of aromatic nitrogens is 5. The van der Waals surface area contributed by atoms with Crippen molar-refractivity contribution < 1.29 is 0 Å². The topological polar surface area (TPSA) is 79.5 Å². The van der Waals surface area contributed by atoms with Crippen molar-refractivity contribution in [2.45, 2.75) is 26.3 Å². The molecule has 0 saturated carbocycles. The largest absolute Gasteiger partial charge is 0.338 e. The highest BCUT2D eigenvalue weighted by Gasteiger charge is 2.20. The van der Waals surface area contributed by atoms with Crippen molar-refractivity contribution in [3.8, 4) is 0 Å². The molecule has 1 aliphatic heterocycles. The summed E-state index contributed by atoms with van der Waals surface area (Å²) in [6.45, 7) is 8.31. The molecule has 0 bridgehead atoms. The summed E-state index contributed by atoms with van der Waals surface area (Å²) in [6, 6.07) is 3.42. The van der Waals surface area contributed by atoms with E-state index in [0.29, 0.717) is 11.5 Å². The first-order chi connectivity index (χ1) is 12.6. The quantitative estimate of drug-likeness (QED) is 0.685. The number of anilines is 1. The van der Waals surface area contributed by atoms with Crippen LogP contribution in [0, 0.1) is 0 Å². The fourth-order valence-electron chi connectivity index (χ4n) is 2.97. The van der Waals surface area contributed by atoms with Crippen LogP contribution in [0.2, 0.25) is 0 Å². The molecule has 0 aliphatic carbocycles. The molecule has 3 aromatic heterocycles. The fraction of sp³-hybridized carbons (Fsp3) is 0.471. The second kappa shape index (κ2) is 7.08. The molecule has 0 aromatic carbocycles. The molecule has 0 radical (unpaired) electrons. The van der Waals surface area contributed by atoms with Crippen LogP contribution in [0.25, 0.3) is 4.96 Å². The molecule has 9 heteroatoms. The van der Waals surface area contributed by atoms with Crippen molar-refractivity contribution in [2.75, 3.05) is 31.1 Å². The highest BCUT2D eigenvalue weighted by molar-refractivity contribution is 7.16. The maximum atomic E-state index is 12.3. The summed E-state index contributed by atoms with van der Waals surface area (Å²) in [5.74, 6) is 1.06. The lowest BCUT2D eigenvalue weighted by molar-refractivity contribution is 0.246. The number of piperazine rings is 1. The molecular weight excluding hydrogens is 350 g/mol. The zero-order valence-electron chi connectivity index (χ0n) is 14.9. The number of hydrogen-bond donors (Lipinski definition) is 0. The molecule has 136 valence electrons. The molecule has 0 amide bonds. The highest BCUT2D eigenvalue weighted by Crippen LogP contribution is 2.20. The van der Waals surface area contributed by atoms with E-state index in [-0.39, 0.29) is 11.5 Å². The van der Waals surface area contributed by atoms with Gasteiger partial charge in [0.2, 0.25) is 10.9 Å². The Balaban J connectivity index is 1.46. The SMILES string of the molecule is CC(C)c1nn2c(=O)cc(CN3CCN(c4ncccn4)CC3)nc2s1. The third kappa shape index (κ3) is 3.45. The van der Waals surface area contributed by atoms with Crippen molar-refractivity contribution >= 4 is 22.2 Å². The maximum Gasteiger partial charge on any atom is 0.275 e. The Labute approximate surface area is 155 Å². The standard InChI is InChI=1S/C17H21N7OS/c1-12(2)15-21-24-14(25)10-13(20-17(24)26-15)11-22-6-8-23(9-7-22)16-18-4-3-5-19-16/h3-5,10,12H,6-9,11H2,1-2H3. The van der Waals surface area contributed by atoms with Gasteiger partial charge in [-0.1, -0.05) is 25.2 Å². The first kappa shape index (κ1) is 17.0. The average Bonchev–Trinajstić information content (AvgIpc) is 3.08. The summed E-state index contributed by atoms with van der Waals surface area (Å²) < 4.78 is 1.41. The van der Waals surface area contributed by atoms with E-state index in [9.17, 15) is 4.79 Å². The zero-order valence-corrected chi connectivity index (χ0v) is 15.7. The number of nitrogens with zero attached hydrogens (tertiary/aromatic N) is 7. The van der Waals surface area contributed by atoms with Crippen LogP contribution in [0.3, 0.4) is 0 Å². The summed E-state index contributed by atoms with van der Waals surface area (Å²) in [5.41, 5.74) is 0.697. The summed E-state index contributed by atoms with van der Waals surface area (Å²) in [6.07, 6.45) is 3.53. The predicted molar refractivity (Wildman–Crippen MR) is 101 cm³/mol. The monoisotopic (exact) mass is 371 g/mol. The van der Waals surface area contributed by atoms with Crippen LogP contribution in [-0.4, -0.2) is 55.6 Å². The van der Waals surface area contributed by atoms with Gasteiger partial charge >= 0.3 is 0 Å². The number of fused-ring (bicyclic) bond motifs is 1. The molecule has 4 heterocycles. The van der Waals surface area contributed by atoms with Gasteiger partial charge in [-0.2, -0.15) is 9.61 Å². The second-order valence-corrected chi connectivity index (χ2v) is 7.67. The van der Waals surface area contributed by atoms with E-state index >= 15 is 0 Å². The van der Waals surface area contributed by atoms with Gasteiger partial charge in [-0.3, -0.25) is 9.69 Å². The van der Waals surface area contributed by atoms with Crippen molar-refractivity contribution in [2.24, 2.45) is 0 Å². The average molecular weight is 371 g/mol. The molecule has 0 unspecified atom stereocenters. The Morgan fingerprint density at radius 3 is 2.58 bits per heavy atom. The van der Waals surface area contributed by atoms with Crippen molar-refractivity contribution in [1.29, 1.82) is 0 Å². The Hall–Kier alpha value is -2.39. The molecule has 26 heavy (non-hydrogen) atoms. The van der Waals surface area contributed by atoms with Crippen molar-refractivity contribution in [3.63, 3.8) is 0 Å². The Kier molecular flexibility index (Phi) is 4.64. The Morgan fingerprint density at radius 1 is 1.15 bits per heavy atom. The molecule has 1 aliphatic rings. The van der Waals surface area contributed by atoms with Gasteiger partial charge in [0.1, 0.15) is 5.01 Å². The first-order valence-electron chi connectivity index (χ1n) is 8.74. The fourth-order valence-corrected chi connectivity index (χ4v) is 3.90. The normalized spacial score (nSPS) is 15.9. The van der Waals surface area contributed by atoms with Gasteiger partial charge in [-0.05, 0) is 6.07 Å². The van der Waals surface area contributed by atoms with Gasteiger partial charge in [-0.15, -0.1) is 0 Å². The molecule has 0 N–H and O–H groups in total. The van der Waals surface area contributed by atoms with Gasteiger partial charge in [0.25, 0.3) is 5.56 Å². The summed E-state index contributed by atoms with van der Waals surface area (Å²) in [5, 5.41) is 5.30. The molecule has 0 spiro atoms. The van der Waals surface area contributed by atoms with Crippen LogP contribution >= 0.6 is 11.3 Å². The van der Waals surface area contributed by atoms with Crippen molar-refractivity contribution in [1.82, 2.24) is 29.5 Å². The smallest absolute Gasteiger partial charge is 0.275 e. The lowest BCUT2D eigenvalue weighted by Gasteiger charge is -2.34. The van der Waals surface area contributed by atoms with E-state index in [1.165, 1.54) is 15.9 Å². The first-order valence-corrected chi connectivity index (χ1v) is 9.56. The van der Waals surface area contributed by atoms with Crippen LogP contribution in [0.15, 0.2) is 29.3 Å². The second-order valence-electron chi connectivity index (χ2n) is 6.69. The Morgan fingerprint density at radius 2 is 1.88 bits per heavy atom. The van der Waals surface area contributed by atoms with Gasteiger partial charge in [0.05, 0.1) is 5.69 Å². The van der Waals surface area contributed by atoms with Gasteiger partial charge in [0.15, 0.2) is 0 Å². The van der Waals surface area contributed by atoms with E-state index in [4.69, 9.17) is 0 Å². The van der Waals surface area contributed by atoms with E-state index < -0.39 is 0 Å². The molecule has 3 aromatic rings. The zero-order chi connectivity index (χ0) is 18.1. The number of rotatable bonds is 4. The molecule has 1 saturated heterocycles. The van der Waals surface area contributed by atoms with E-state index in [1.54, 1.807) is 18.5 Å². The van der Waals surface area contributed by atoms with Crippen LogP contribution < -0.4 is 10.5 Å². The minimum absolute atomic E-state index is 0.107. The van der Waals surface area contributed by atoms with Crippen LogP contribution in [0.1, 0.15) is 30.5 Å². The summed E-state index contributed by atoms with van der Waals surface area (Å²) in [7, 11) is 0. The van der Waals surface area contributed by atoms with Crippen LogP contribution in [0.4, 0.5) is 5.95 Å². The maximum absolute atomic E-state index is 12.3. The minimum atomic E-state index is -0.107. The summed E-state index contributed by atoms with van der Waals surface area (Å²) in [4.78, 5) is 30.8. The van der Waals surface area contributed by atoms with Crippen molar-refractivity contribution in [3.05, 3.63) is 45.6 Å². The Bertz CT molecular complexity index is 945. The van der Waals surface area contributed by atoms with E-state index in [2.05, 4.69) is 43.7 Å². The highest BCUT2D eigenvalue weighted by atomic mass is 32.1. The third-order valence-corrected chi connectivity index (χ3v) is 5.61. The molecule has 0 atom stereocenters. The predicted octanol–water partition coefficient (Wildman–Crippen LogP) is 1.39. The lowest BCUT2D eigenvalue weighted by atomic mass is 10.2. The number of hydrogen-bond acceptors (Lipinski definition) is 8. The van der Waals surface area contributed by atoms with Crippen LogP contribution in [-0.2, 0) is 6.54 Å². The molecule has 8 nitrogen and oxygen atoms in total. The summed E-state index contributed by atoms with van der Waals surface area (Å²) >= 11 is 1.49. The van der Waals surface area contributed by atoms with Crippen LogP contribution in [0.5, 0.6) is 0 Å². The lowest BCUT2D eigenvalue weighted by Crippen LogP contribution is -2.46. The van der Waals surface area contributed by atoms with Gasteiger partial charge in [-0.25, -0.2) is 15.0 Å².